The van der Waals surface area contributed by atoms with Gasteiger partial charge in [0.1, 0.15) is 0 Å². The molecule has 0 aliphatic heterocycles. The first-order valence-electron chi connectivity index (χ1n) is 4.35. The molecule has 0 N–H and O–H groups in total. The van der Waals surface area contributed by atoms with E-state index in [2.05, 4.69) is 37.9 Å². The summed E-state index contributed by atoms with van der Waals surface area (Å²) >= 11 is 3.59. The van der Waals surface area contributed by atoms with Crippen LogP contribution in [-0.4, -0.2) is 23.7 Å². The molecule has 3 heterocycles. The summed E-state index contributed by atoms with van der Waals surface area (Å²) in [5, 5.41) is 4.14. The molecule has 0 fully saturated rings. The number of aromatic nitrogens is 2. The van der Waals surface area contributed by atoms with Gasteiger partial charge in [-0.2, -0.15) is 0 Å². The maximum atomic E-state index is 4.59. The summed E-state index contributed by atoms with van der Waals surface area (Å²) in [6, 6.07) is 8.27. The van der Waals surface area contributed by atoms with Crippen LogP contribution in [0.1, 0.15) is 0 Å². The Morgan fingerprint density at radius 3 is 2.40 bits per heavy atom. The zero-order chi connectivity index (χ0) is 10.1. The average Bonchev–Trinajstić information content (AvgIpc) is 3.02. The quantitative estimate of drug-likeness (QED) is 0.680. The van der Waals surface area contributed by atoms with E-state index >= 15 is 0 Å². The molecule has 0 spiro atoms. The normalized spacial score (nSPS) is 10.7. The van der Waals surface area contributed by atoms with Crippen molar-refractivity contribution in [3.05, 3.63) is 35.0 Å². The molecule has 0 bridgehead atoms. The number of hydrogen-bond acceptors (Lipinski definition) is 4. The van der Waals surface area contributed by atoms with Crippen LogP contribution in [0.3, 0.4) is 0 Å². The molecule has 74 valence electrons. The first-order chi connectivity index (χ1) is 7.43. The predicted octanol–water partition coefficient (Wildman–Crippen LogP) is 2.99. The zero-order valence-electron chi connectivity index (χ0n) is 7.58. The predicted molar refractivity (Wildman–Crippen MR) is 65.6 cm³/mol. The van der Waals surface area contributed by atoms with E-state index in [1.165, 1.54) is 9.75 Å². The van der Waals surface area contributed by atoms with E-state index in [1.807, 2.05) is 6.07 Å². The monoisotopic (exact) mass is 298 g/mol. The molecule has 2 nitrogen and oxygen atoms in total. The maximum absolute atomic E-state index is 4.59. The summed E-state index contributed by atoms with van der Waals surface area (Å²) < 4.78 is 5.66. The number of rotatable bonds is 2. The van der Waals surface area contributed by atoms with Crippen molar-refractivity contribution in [2.75, 3.05) is 0 Å². The Morgan fingerprint density at radius 2 is 1.73 bits per heavy atom. The fourth-order valence-electron chi connectivity index (χ4n) is 1.23. The Balaban J connectivity index is 2.02. The summed E-state index contributed by atoms with van der Waals surface area (Å²) in [6.45, 7) is 0. The Bertz CT molecular complexity index is 491. The van der Waals surface area contributed by atoms with Gasteiger partial charge in [0.25, 0.3) is 0 Å². The second-order valence-corrected chi connectivity index (χ2v) is 6.35. The molecule has 5 heteroatoms. The van der Waals surface area contributed by atoms with Gasteiger partial charge in [0.15, 0.2) is 0 Å². The summed E-state index contributed by atoms with van der Waals surface area (Å²) in [5.41, 5.74) is 0. The number of nitrogens with zero attached hydrogens (tertiary/aromatic N) is 2. The second-order valence-electron chi connectivity index (χ2n) is 2.88. The van der Waals surface area contributed by atoms with E-state index in [9.17, 15) is 0 Å². The van der Waals surface area contributed by atoms with E-state index in [1.54, 1.807) is 22.7 Å². The second kappa shape index (κ2) is 4.02. The van der Waals surface area contributed by atoms with Crippen molar-refractivity contribution < 1.29 is 0 Å². The van der Waals surface area contributed by atoms with Crippen molar-refractivity contribution in [1.82, 2.24) is 8.96 Å². The molecule has 0 unspecified atom stereocenters. The number of hydrogen-bond donors (Lipinski definition) is 0. The fourth-order valence-corrected chi connectivity index (χ4v) is 4.37. The molecular weight excluding hydrogens is 291 g/mol. The summed E-state index contributed by atoms with van der Waals surface area (Å²) in [5.74, 6) is 0.911. The molecule has 3 aromatic rings. The van der Waals surface area contributed by atoms with Crippen LogP contribution in [-0.2, 0) is 0 Å². The zero-order valence-corrected chi connectivity index (χ0v) is 10.9. The third-order valence-corrected chi connectivity index (χ3v) is 5.50. The Hall–Kier alpha value is -0.741. The van der Waals surface area contributed by atoms with Gasteiger partial charge < -0.3 is 0 Å². The minimum atomic E-state index is 0.157. The molecule has 0 aliphatic carbocycles. The molecular formula is C10H6N2S2Se. The van der Waals surface area contributed by atoms with E-state index in [4.69, 9.17) is 0 Å². The van der Waals surface area contributed by atoms with Crippen LogP contribution in [0.5, 0.6) is 0 Å². The molecule has 0 aromatic carbocycles. The van der Waals surface area contributed by atoms with Gasteiger partial charge in [0, 0.05) is 0 Å². The van der Waals surface area contributed by atoms with Crippen molar-refractivity contribution in [1.29, 1.82) is 0 Å². The third-order valence-electron chi connectivity index (χ3n) is 1.90. The van der Waals surface area contributed by atoms with Crippen molar-refractivity contribution >= 4 is 37.4 Å². The molecule has 3 rings (SSSR count). The van der Waals surface area contributed by atoms with Crippen LogP contribution in [0.4, 0.5) is 0 Å². The van der Waals surface area contributed by atoms with Gasteiger partial charge in [-0.05, 0) is 0 Å². The SMILES string of the molecule is c1csc(-c2n[se]c(-c3cccs3)n2)c1. The molecule has 0 aliphatic rings. The Kier molecular flexibility index (Phi) is 2.54. The van der Waals surface area contributed by atoms with E-state index in [-0.39, 0.29) is 14.7 Å². The van der Waals surface area contributed by atoms with Gasteiger partial charge in [-0.3, -0.25) is 0 Å². The van der Waals surface area contributed by atoms with Gasteiger partial charge in [-0.15, -0.1) is 0 Å². The van der Waals surface area contributed by atoms with Crippen LogP contribution in [0.2, 0.25) is 0 Å². The molecule has 0 radical (unpaired) electrons. The molecule has 0 amide bonds. The molecule has 15 heavy (non-hydrogen) atoms. The summed E-state index contributed by atoms with van der Waals surface area (Å²) in [6.07, 6.45) is 0. The number of thiophene rings is 2. The van der Waals surface area contributed by atoms with Gasteiger partial charge in [-0.25, -0.2) is 0 Å². The van der Waals surface area contributed by atoms with Crippen molar-refractivity contribution in [3.8, 4) is 20.1 Å². The molecule has 3 aromatic heterocycles. The van der Waals surface area contributed by atoms with Crippen LogP contribution in [0, 0.1) is 0 Å². The van der Waals surface area contributed by atoms with Gasteiger partial charge in [-0.1, -0.05) is 0 Å². The standard InChI is InChI=1S/C10H6N2S2Se/c1-3-7(13-5-1)9-11-10(15-12-9)8-4-2-6-14-8/h1-6H. The Morgan fingerprint density at radius 1 is 1.00 bits per heavy atom. The average molecular weight is 297 g/mol. The van der Waals surface area contributed by atoms with Crippen LogP contribution < -0.4 is 0 Å². The van der Waals surface area contributed by atoms with Crippen molar-refractivity contribution in [3.63, 3.8) is 0 Å². The van der Waals surface area contributed by atoms with E-state index < -0.39 is 0 Å². The topological polar surface area (TPSA) is 25.8 Å². The summed E-state index contributed by atoms with van der Waals surface area (Å²) in [4.78, 5) is 7.01. The fraction of sp³-hybridized carbons (Fsp3) is 0. The molecule has 0 saturated carbocycles. The molecule has 0 atom stereocenters. The van der Waals surface area contributed by atoms with Gasteiger partial charge in [0.2, 0.25) is 0 Å². The summed E-state index contributed by atoms with van der Waals surface area (Å²) in [7, 11) is 0. The third kappa shape index (κ3) is 1.84. The molecule has 0 saturated heterocycles. The van der Waals surface area contributed by atoms with E-state index in [0.717, 1.165) is 10.4 Å². The van der Waals surface area contributed by atoms with Gasteiger partial charge >= 0.3 is 102 Å². The van der Waals surface area contributed by atoms with Gasteiger partial charge in [0.05, 0.1) is 0 Å². The first-order valence-corrected chi connectivity index (χ1v) is 7.73. The first kappa shape index (κ1) is 9.48. The van der Waals surface area contributed by atoms with Crippen molar-refractivity contribution in [2.24, 2.45) is 0 Å². The minimum absolute atomic E-state index is 0.157. The van der Waals surface area contributed by atoms with Crippen LogP contribution >= 0.6 is 22.7 Å². The van der Waals surface area contributed by atoms with Crippen molar-refractivity contribution in [2.45, 2.75) is 0 Å². The van der Waals surface area contributed by atoms with E-state index in [0.29, 0.717) is 0 Å². The Labute approximate surface area is 101 Å². The van der Waals surface area contributed by atoms with Crippen LogP contribution in [0.25, 0.3) is 20.1 Å². The van der Waals surface area contributed by atoms with Crippen LogP contribution in [0.15, 0.2) is 35.0 Å².